The van der Waals surface area contributed by atoms with Crippen LogP contribution in [0.5, 0.6) is 11.5 Å². The first-order chi connectivity index (χ1) is 13.5. The van der Waals surface area contributed by atoms with E-state index >= 15 is 0 Å². The van der Waals surface area contributed by atoms with E-state index in [9.17, 15) is 10.1 Å². The zero-order valence-electron chi connectivity index (χ0n) is 15.8. The van der Waals surface area contributed by atoms with E-state index in [1.807, 2.05) is 38.1 Å². The number of hydrogen-bond acceptors (Lipinski definition) is 6. The van der Waals surface area contributed by atoms with Crippen molar-refractivity contribution < 1.29 is 19.6 Å². The zero-order valence-corrected chi connectivity index (χ0v) is 15.8. The molecule has 0 aliphatic rings. The summed E-state index contributed by atoms with van der Waals surface area (Å²) in [5, 5.41) is 12.3. The average molecular weight is 381 g/mol. The van der Waals surface area contributed by atoms with Crippen molar-refractivity contribution in [3.8, 4) is 22.8 Å². The highest BCUT2D eigenvalue weighted by Crippen LogP contribution is 2.32. The fourth-order valence-electron chi connectivity index (χ4n) is 2.67. The van der Waals surface area contributed by atoms with Crippen molar-refractivity contribution in [1.82, 2.24) is 9.97 Å². The van der Waals surface area contributed by atoms with E-state index in [0.717, 1.165) is 11.3 Å². The van der Waals surface area contributed by atoms with Crippen LogP contribution in [-0.4, -0.2) is 33.3 Å². The maximum Gasteiger partial charge on any atom is 0.360 e. The molecule has 0 radical (unpaired) electrons. The molecule has 2 aromatic carbocycles. The molecule has 1 aromatic heterocycles. The molecule has 8 heteroatoms. The number of benzene rings is 2. The van der Waals surface area contributed by atoms with Gasteiger partial charge >= 0.3 is 5.69 Å². The minimum absolute atomic E-state index is 0.0162. The molecule has 0 spiro atoms. The van der Waals surface area contributed by atoms with Crippen LogP contribution >= 0.6 is 0 Å². The van der Waals surface area contributed by atoms with Gasteiger partial charge in [-0.2, -0.15) is 0 Å². The first-order valence-electron chi connectivity index (χ1n) is 8.67. The maximum absolute atomic E-state index is 11.3. The van der Waals surface area contributed by atoms with Crippen LogP contribution in [0.1, 0.15) is 13.8 Å². The van der Waals surface area contributed by atoms with Crippen molar-refractivity contribution in [2.45, 2.75) is 20.0 Å². The van der Waals surface area contributed by atoms with Gasteiger partial charge in [0, 0.05) is 23.4 Å². The van der Waals surface area contributed by atoms with Gasteiger partial charge in [-0.3, -0.25) is 0 Å². The second-order valence-electron chi connectivity index (χ2n) is 6.24. The molecule has 1 heterocycles. The molecular weight excluding hydrogens is 360 g/mol. The molecule has 144 valence electrons. The Morgan fingerprint density at radius 3 is 2.57 bits per heavy atom. The topological polar surface area (TPSA) is 96.6 Å². The van der Waals surface area contributed by atoms with Gasteiger partial charge in [0.05, 0.1) is 23.8 Å². The molecule has 3 aromatic rings. The fourth-order valence-corrected chi connectivity index (χ4v) is 2.67. The Kier molecular flexibility index (Phi) is 5.69. The van der Waals surface area contributed by atoms with Gasteiger partial charge in [0.15, 0.2) is 0 Å². The molecule has 0 aliphatic heterocycles. The first kappa shape index (κ1) is 19.1. The fraction of sp³-hybridized carbons (Fsp3) is 0.200. The molecule has 0 bridgehead atoms. The predicted molar refractivity (Wildman–Crippen MR) is 105 cm³/mol. The highest BCUT2D eigenvalue weighted by Gasteiger charge is 2.20. The number of ether oxygens (including phenoxy) is 2. The number of aromatic nitrogens is 2. The quantitative estimate of drug-likeness (QED) is 0.582. The average Bonchev–Trinajstić information content (AvgIpc) is 2.68. The predicted octanol–water partition coefficient (Wildman–Crippen LogP) is 4.48. The summed E-state index contributed by atoms with van der Waals surface area (Å²) in [6.07, 6.45) is 1.48. The first-order valence-corrected chi connectivity index (χ1v) is 8.67. The van der Waals surface area contributed by atoms with Gasteiger partial charge in [-0.05, 0) is 38.1 Å². The minimum atomic E-state index is -0.241. The summed E-state index contributed by atoms with van der Waals surface area (Å²) >= 11 is 0. The van der Waals surface area contributed by atoms with Crippen LogP contribution in [0.2, 0.25) is 0 Å². The molecule has 0 amide bonds. The third-order valence-electron chi connectivity index (χ3n) is 3.85. The number of hydrogen-bond donors (Lipinski definition) is 2. The number of nitrogens with zero attached hydrogens (tertiary/aromatic N) is 3. The van der Waals surface area contributed by atoms with E-state index in [1.165, 1.54) is 19.5 Å². The Bertz CT molecular complexity index is 991. The van der Waals surface area contributed by atoms with Gasteiger partial charge in [0.2, 0.25) is 5.75 Å². The lowest BCUT2D eigenvalue weighted by Crippen LogP contribution is -2.06. The van der Waals surface area contributed by atoms with E-state index in [0.29, 0.717) is 17.2 Å². The second-order valence-corrected chi connectivity index (χ2v) is 6.24. The molecule has 0 saturated heterocycles. The Morgan fingerprint density at radius 2 is 1.86 bits per heavy atom. The molecule has 28 heavy (non-hydrogen) atoms. The van der Waals surface area contributed by atoms with Crippen LogP contribution < -0.4 is 14.8 Å². The lowest BCUT2D eigenvalue weighted by molar-refractivity contribution is -0.730. The highest BCUT2D eigenvalue weighted by atomic mass is 16.6. The Labute approximate surface area is 162 Å². The third kappa shape index (κ3) is 4.35. The van der Waals surface area contributed by atoms with Crippen LogP contribution in [0.25, 0.3) is 11.3 Å². The van der Waals surface area contributed by atoms with Gasteiger partial charge in [-0.15, -0.1) is 0 Å². The van der Waals surface area contributed by atoms with E-state index in [4.69, 9.17) is 9.47 Å². The number of para-hydroxylation sites is 1. The number of methoxy groups -OCH3 is 1. The van der Waals surface area contributed by atoms with Crippen molar-refractivity contribution in [3.05, 3.63) is 59.8 Å². The van der Waals surface area contributed by atoms with Crippen LogP contribution in [-0.2, 0) is 0 Å². The van der Waals surface area contributed by atoms with Crippen LogP contribution in [0.15, 0.2) is 54.9 Å². The molecule has 0 atom stereocenters. The van der Waals surface area contributed by atoms with E-state index in [-0.39, 0.29) is 22.5 Å². The summed E-state index contributed by atoms with van der Waals surface area (Å²) in [6, 6.07) is 14.2. The minimum Gasteiger partial charge on any atom is -0.490 e. The highest BCUT2D eigenvalue weighted by molar-refractivity contribution is 5.71. The number of rotatable bonds is 7. The van der Waals surface area contributed by atoms with Crippen LogP contribution in [0.4, 0.5) is 17.2 Å². The summed E-state index contributed by atoms with van der Waals surface area (Å²) in [6.45, 7) is 3.93. The van der Waals surface area contributed by atoms with Crippen molar-refractivity contribution in [2.75, 3.05) is 12.4 Å². The van der Waals surface area contributed by atoms with Crippen molar-refractivity contribution in [2.24, 2.45) is 0 Å². The normalized spacial score (nSPS) is 10.6. The van der Waals surface area contributed by atoms with Gasteiger partial charge in [0.1, 0.15) is 17.9 Å². The molecule has 0 aliphatic carbocycles. The Morgan fingerprint density at radius 1 is 1.07 bits per heavy atom. The number of nitrogens with one attached hydrogen (secondary N) is 1. The molecule has 0 saturated carbocycles. The van der Waals surface area contributed by atoms with Gasteiger partial charge in [0.25, 0.3) is 4.92 Å². The van der Waals surface area contributed by atoms with E-state index in [2.05, 4.69) is 15.3 Å². The molecule has 2 N–H and O–H groups in total. The van der Waals surface area contributed by atoms with E-state index < -0.39 is 0 Å². The molecule has 0 fully saturated rings. The smallest absolute Gasteiger partial charge is 0.360 e. The molecule has 0 unspecified atom stereocenters. The molecular formula is C20H21N4O4+. The Balaban J connectivity index is 1.91. The largest absolute Gasteiger partial charge is 0.490 e. The lowest BCUT2D eigenvalue weighted by Gasteiger charge is -2.14. The van der Waals surface area contributed by atoms with Crippen LogP contribution in [0.3, 0.4) is 0 Å². The SMILES string of the molecule is COc1ccc(Nc2cc(-c3ccccc3OC(C)C)ncn2)cc1[N+](=O)O. The lowest BCUT2D eigenvalue weighted by atomic mass is 10.1. The monoisotopic (exact) mass is 381 g/mol. The second kappa shape index (κ2) is 8.34. The molecule has 8 nitrogen and oxygen atoms in total. The van der Waals surface area contributed by atoms with Gasteiger partial charge in [-0.25, -0.2) is 15.2 Å². The summed E-state index contributed by atoms with van der Waals surface area (Å²) < 4.78 is 10.9. The third-order valence-corrected chi connectivity index (χ3v) is 3.85. The van der Waals surface area contributed by atoms with Crippen LogP contribution in [0, 0.1) is 4.91 Å². The Hall–Kier alpha value is -3.68. The van der Waals surface area contributed by atoms with E-state index in [1.54, 1.807) is 18.2 Å². The summed E-state index contributed by atoms with van der Waals surface area (Å²) in [4.78, 5) is 19.6. The molecule has 3 rings (SSSR count). The summed E-state index contributed by atoms with van der Waals surface area (Å²) in [5.74, 6) is 1.51. The van der Waals surface area contributed by atoms with Gasteiger partial charge in [-0.1, -0.05) is 12.1 Å². The van der Waals surface area contributed by atoms with Crippen molar-refractivity contribution in [3.63, 3.8) is 0 Å². The summed E-state index contributed by atoms with van der Waals surface area (Å²) in [7, 11) is 1.42. The summed E-state index contributed by atoms with van der Waals surface area (Å²) in [5.41, 5.74) is 2.08. The van der Waals surface area contributed by atoms with Gasteiger partial charge < -0.3 is 14.8 Å². The standard InChI is InChI=1S/C20H21N4O4/c1-13(2)28-18-7-5-4-6-15(18)16-11-20(22-12-21-16)23-14-8-9-19(27-3)17(10-14)24(25)26/h4-13H,1-3H3,(H,25,26)(H,21,22,23)/q+1. The maximum atomic E-state index is 11.3. The van der Waals surface area contributed by atoms with Crippen molar-refractivity contribution >= 4 is 17.2 Å². The van der Waals surface area contributed by atoms with Crippen molar-refractivity contribution in [1.29, 1.82) is 0 Å². The number of anilines is 2. The zero-order chi connectivity index (χ0) is 20.1.